The van der Waals surface area contributed by atoms with Crippen molar-refractivity contribution in [2.45, 2.75) is 25.3 Å². The van der Waals surface area contributed by atoms with Gasteiger partial charge in [0.25, 0.3) is 0 Å². The van der Waals surface area contributed by atoms with Crippen molar-refractivity contribution >= 4 is 10.0 Å². The van der Waals surface area contributed by atoms with Crippen molar-refractivity contribution in [1.82, 2.24) is 19.5 Å². The van der Waals surface area contributed by atoms with Gasteiger partial charge in [0.2, 0.25) is 10.0 Å². The molecule has 20 heavy (non-hydrogen) atoms. The highest BCUT2D eigenvalue weighted by atomic mass is 32.2. The predicted octanol–water partition coefficient (Wildman–Crippen LogP) is 1.38. The Bertz CT molecular complexity index is 727. The number of aromatic nitrogens is 3. The summed E-state index contributed by atoms with van der Waals surface area (Å²) in [6.07, 6.45) is 0. The van der Waals surface area contributed by atoms with E-state index in [-0.39, 0.29) is 11.4 Å². The standard InChI is InChI=1S/C12H15FN4O2S/c1-8-6-10(13)4-5-11(8)20(18,19)17(3)7-12-14-9(2)15-16-12/h4-6H,7H2,1-3H3,(H,14,15,16). The summed E-state index contributed by atoms with van der Waals surface area (Å²) in [5, 5.41) is 6.55. The molecule has 0 atom stereocenters. The first-order chi connectivity index (χ1) is 9.30. The maximum absolute atomic E-state index is 13.1. The smallest absolute Gasteiger partial charge is 0.243 e. The van der Waals surface area contributed by atoms with Gasteiger partial charge < -0.3 is 0 Å². The first kappa shape index (κ1) is 14.6. The van der Waals surface area contributed by atoms with Crippen LogP contribution in [0.1, 0.15) is 17.2 Å². The Balaban J connectivity index is 2.29. The molecular formula is C12H15FN4O2S. The summed E-state index contributed by atoms with van der Waals surface area (Å²) in [4.78, 5) is 4.14. The topological polar surface area (TPSA) is 79.0 Å². The predicted molar refractivity (Wildman–Crippen MR) is 70.9 cm³/mol. The molecule has 1 aromatic heterocycles. The van der Waals surface area contributed by atoms with Gasteiger partial charge in [-0.15, -0.1) is 0 Å². The van der Waals surface area contributed by atoms with E-state index in [1.54, 1.807) is 13.8 Å². The number of benzene rings is 1. The summed E-state index contributed by atoms with van der Waals surface area (Å²) in [6.45, 7) is 3.33. The minimum Gasteiger partial charge on any atom is -0.263 e. The van der Waals surface area contributed by atoms with E-state index in [4.69, 9.17) is 0 Å². The van der Waals surface area contributed by atoms with Crippen LogP contribution in [0.3, 0.4) is 0 Å². The molecule has 0 aliphatic rings. The quantitative estimate of drug-likeness (QED) is 0.925. The maximum Gasteiger partial charge on any atom is 0.243 e. The van der Waals surface area contributed by atoms with Crippen LogP contribution < -0.4 is 0 Å². The van der Waals surface area contributed by atoms with E-state index in [0.717, 1.165) is 10.4 Å². The summed E-state index contributed by atoms with van der Waals surface area (Å²) in [5.41, 5.74) is 0.364. The number of halogens is 1. The average molecular weight is 298 g/mol. The molecule has 0 saturated heterocycles. The number of nitrogens with zero attached hydrogens (tertiary/aromatic N) is 3. The zero-order chi connectivity index (χ0) is 14.9. The Morgan fingerprint density at radius 2 is 2.05 bits per heavy atom. The van der Waals surface area contributed by atoms with Crippen LogP contribution in [0.2, 0.25) is 0 Å². The maximum atomic E-state index is 13.1. The lowest BCUT2D eigenvalue weighted by Crippen LogP contribution is -2.27. The van der Waals surface area contributed by atoms with Crippen LogP contribution in [0, 0.1) is 19.7 Å². The first-order valence-corrected chi connectivity index (χ1v) is 7.35. The highest BCUT2D eigenvalue weighted by Crippen LogP contribution is 2.20. The molecule has 0 unspecified atom stereocenters. The Labute approximate surface area is 116 Å². The molecule has 1 heterocycles. The van der Waals surface area contributed by atoms with Crippen LogP contribution >= 0.6 is 0 Å². The van der Waals surface area contributed by atoms with Crippen molar-refractivity contribution < 1.29 is 12.8 Å². The number of aryl methyl sites for hydroxylation is 2. The Kier molecular flexibility index (Phi) is 3.87. The van der Waals surface area contributed by atoms with Gasteiger partial charge in [-0.1, -0.05) is 0 Å². The minimum absolute atomic E-state index is 0.0451. The molecule has 0 amide bonds. The SMILES string of the molecule is Cc1nc(CN(C)S(=O)(=O)c2ccc(F)cc2C)n[nH]1. The molecule has 2 rings (SSSR count). The summed E-state index contributed by atoms with van der Waals surface area (Å²) in [5.74, 6) is 0.533. The molecule has 0 aliphatic carbocycles. The fourth-order valence-electron chi connectivity index (χ4n) is 1.81. The molecule has 2 aromatic rings. The summed E-state index contributed by atoms with van der Waals surface area (Å²) >= 11 is 0. The lowest BCUT2D eigenvalue weighted by Gasteiger charge is -2.17. The molecular weight excluding hydrogens is 283 g/mol. The lowest BCUT2D eigenvalue weighted by atomic mass is 10.2. The van der Waals surface area contributed by atoms with Gasteiger partial charge in [-0.25, -0.2) is 17.8 Å². The molecule has 0 aliphatic heterocycles. The molecule has 6 nitrogen and oxygen atoms in total. The molecule has 0 spiro atoms. The van der Waals surface area contributed by atoms with E-state index in [1.165, 1.54) is 19.2 Å². The van der Waals surface area contributed by atoms with Crippen LogP contribution in [0.15, 0.2) is 23.1 Å². The van der Waals surface area contributed by atoms with Gasteiger partial charge in [0.15, 0.2) is 5.82 Å². The third-order valence-corrected chi connectivity index (χ3v) is 4.80. The Hall–Kier alpha value is -1.80. The minimum atomic E-state index is -3.70. The van der Waals surface area contributed by atoms with Crippen molar-refractivity contribution in [3.63, 3.8) is 0 Å². The summed E-state index contributed by atoms with van der Waals surface area (Å²) < 4.78 is 39.0. The van der Waals surface area contributed by atoms with E-state index in [9.17, 15) is 12.8 Å². The number of aromatic amines is 1. The van der Waals surface area contributed by atoms with Gasteiger partial charge in [0.1, 0.15) is 11.6 Å². The van der Waals surface area contributed by atoms with Crippen molar-refractivity contribution in [3.05, 3.63) is 41.2 Å². The summed E-state index contributed by atoms with van der Waals surface area (Å²) in [7, 11) is -2.27. The largest absolute Gasteiger partial charge is 0.263 e. The van der Waals surface area contributed by atoms with E-state index in [0.29, 0.717) is 17.2 Å². The second-order valence-corrected chi connectivity index (χ2v) is 6.52. The van der Waals surface area contributed by atoms with E-state index < -0.39 is 15.8 Å². The molecule has 0 saturated carbocycles. The van der Waals surface area contributed by atoms with Crippen LogP contribution in [0.4, 0.5) is 4.39 Å². The van der Waals surface area contributed by atoms with Crippen molar-refractivity contribution in [3.8, 4) is 0 Å². The number of rotatable bonds is 4. The molecule has 0 radical (unpaired) electrons. The van der Waals surface area contributed by atoms with Gasteiger partial charge in [0.05, 0.1) is 11.4 Å². The van der Waals surface area contributed by atoms with E-state index in [2.05, 4.69) is 15.2 Å². The molecule has 1 N–H and O–H groups in total. The van der Waals surface area contributed by atoms with Crippen molar-refractivity contribution in [1.29, 1.82) is 0 Å². The van der Waals surface area contributed by atoms with Gasteiger partial charge in [-0.05, 0) is 37.6 Å². The zero-order valence-electron chi connectivity index (χ0n) is 11.4. The normalized spacial score (nSPS) is 12.1. The lowest BCUT2D eigenvalue weighted by molar-refractivity contribution is 0.456. The number of hydrogen-bond donors (Lipinski definition) is 1. The number of sulfonamides is 1. The third-order valence-electron chi connectivity index (χ3n) is 2.83. The average Bonchev–Trinajstić information content (AvgIpc) is 2.74. The Morgan fingerprint density at radius 1 is 1.35 bits per heavy atom. The van der Waals surface area contributed by atoms with Crippen molar-refractivity contribution in [2.24, 2.45) is 0 Å². The fourth-order valence-corrected chi connectivity index (χ4v) is 3.14. The van der Waals surface area contributed by atoms with Crippen molar-refractivity contribution in [2.75, 3.05) is 7.05 Å². The molecule has 8 heteroatoms. The molecule has 1 aromatic carbocycles. The number of H-pyrrole nitrogens is 1. The molecule has 108 valence electrons. The zero-order valence-corrected chi connectivity index (χ0v) is 12.2. The van der Waals surface area contributed by atoms with Crippen LogP contribution in [-0.4, -0.2) is 35.0 Å². The van der Waals surface area contributed by atoms with Crippen LogP contribution in [0.25, 0.3) is 0 Å². The van der Waals surface area contributed by atoms with E-state index in [1.807, 2.05) is 0 Å². The van der Waals surface area contributed by atoms with Crippen LogP contribution in [-0.2, 0) is 16.6 Å². The number of hydrogen-bond acceptors (Lipinski definition) is 4. The number of nitrogens with one attached hydrogen (secondary N) is 1. The second-order valence-electron chi connectivity index (χ2n) is 4.51. The highest BCUT2D eigenvalue weighted by Gasteiger charge is 2.24. The van der Waals surface area contributed by atoms with Gasteiger partial charge in [-0.2, -0.15) is 9.40 Å². The summed E-state index contributed by atoms with van der Waals surface area (Å²) in [6, 6.07) is 3.59. The van der Waals surface area contributed by atoms with Gasteiger partial charge >= 0.3 is 0 Å². The molecule has 0 fully saturated rings. The highest BCUT2D eigenvalue weighted by molar-refractivity contribution is 7.89. The first-order valence-electron chi connectivity index (χ1n) is 5.91. The second kappa shape index (κ2) is 5.29. The Morgan fingerprint density at radius 3 is 2.60 bits per heavy atom. The van der Waals surface area contributed by atoms with Gasteiger partial charge in [0, 0.05) is 7.05 Å². The fraction of sp³-hybridized carbons (Fsp3) is 0.333. The monoisotopic (exact) mass is 298 g/mol. The van der Waals surface area contributed by atoms with Crippen LogP contribution in [0.5, 0.6) is 0 Å². The van der Waals surface area contributed by atoms with Gasteiger partial charge in [-0.3, -0.25) is 5.10 Å². The van der Waals surface area contributed by atoms with E-state index >= 15 is 0 Å². The third kappa shape index (κ3) is 2.86. The molecule has 0 bridgehead atoms.